The minimum Gasteiger partial charge on any atom is -0.497 e. The second-order valence-electron chi connectivity index (χ2n) is 7.41. The summed E-state index contributed by atoms with van der Waals surface area (Å²) in [5.41, 5.74) is 1.66. The third kappa shape index (κ3) is 5.19. The van der Waals surface area contributed by atoms with E-state index in [-0.39, 0.29) is 10.8 Å². The number of sulfonamides is 1. The number of morpholine rings is 1. The molecule has 1 fully saturated rings. The van der Waals surface area contributed by atoms with Crippen LogP contribution >= 0.6 is 0 Å². The summed E-state index contributed by atoms with van der Waals surface area (Å²) in [7, 11) is -2.26. The maximum absolute atomic E-state index is 13.1. The molecule has 0 bridgehead atoms. The zero-order valence-corrected chi connectivity index (χ0v) is 18.3. The highest BCUT2D eigenvalue weighted by Gasteiger charge is 2.33. The van der Waals surface area contributed by atoms with Gasteiger partial charge in [-0.15, -0.1) is 0 Å². The molecule has 1 amide bonds. The topological polar surface area (TPSA) is 84.9 Å². The number of aryl methyl sites for hydroxylation is 1. The molecule has 2 aromatic carbocycles. The monoisotopic (exact) mass is 432 g/mol. The molecule has 0 unspecified atom stereocenters. The third-order valence-electron chi connectivity index (χ3n) is 5.30. The smallest absolute Gasteiger partial charge is 0.241 e. The Kier molecular flexibility index (Phi) is 7.12. The summed E-state index contributed by atoms with van der Waals surface area (Å²) in [4.78, 5) is 15.0. The first kappa shape index (κ1) is 22.3. The van der Waals surface area contributed by atoms with Gasteiger partial charge in [-0.1, -0.05) is 36.8 Å². The normalized spacial score (nSPS) is 16.7. The van der Waals surface area contributed by atoms with E-state index in [1.807, 2.05) is 6.92 Å². The molecular weight excluding hydrogens is 404 g/mol. The minimum atomic E-state index is -3.83. The zero-order valence-electron chi connectivity index (χ0n) is 17.5. The third-order valence-corrected chi connectivity index (χ3v) is 6.76. The number of carbonyl (C=O) groups is 1. The van der Waals surface area contributed by atoms with Crippen LogP contribution in [0.1, 0.15) is 24.1 Å². The van der Waals surface area contributed by atoms with Crippen molar-refractivity contribution < 1.29 is 22.7 Å². The molecule has 1 aliphatic heterocycles. The predicted molar refractivity (Wildman–Crippen MR) is 114 cm³/mol. The maximum Gasteiger partial charge on any atom is 0.241 e. The van der Waals surface area contributed by atoms with Crippen molar-refractivity contribution in [2.75, 3.05) is 33.4 Å². The van der Waals surface area contributed by atoms with Crippen molar-refractivity contribution in [2.24, 2.45) is 5.92 Å². The summed E-state index contributed by atoms with van der Waals surface area (Å²) < 4.78 is 39.4. The van der Waals surface area contributed by atoms with Gasteiger partial charge in [0.25, 0.3) is 0 Å². The highest BCUT2D eigenvalue weighted by atomic mass is 32.2. The first-order valence-electron chi connectivity index (χ1n) is 9.91. The van der Waals surface area contributed by atoms with E-state index in [2.05, 4.69) is 4.72 Å². The van der Waals surface area contributed by atoms with Crippen LogP contribution in [0.25, 0.3) is 0 Å². The highest BCUT2D eigenvalue weighted by Crippen LogP contribution is 2.28. The molecule has 3 rings (SSSR count). The lowest BCUT2D eigenvalue weighted by Crippen LogP contribution is -2.46. The molecule has 1 N–H and O–H groups in total. The van der Waals surface area contributed by atoms with Gasteiger partial charge in [0, 0.05) is 13.1 Å². The zero-order chi connectivity index (χ0) is 21.7. The number of hydrogen-bond acceptors (Lipinski definition) is 5. The van der Waals surface area contributed by atoms with Crippen LogP contribution in [-0.2, 0) is 19.6 Å². The van der Waals surface area contributed by atoms with Crippen molar-refractivity contribution in [3.63, 3.8) is 0 Å². The van der Waals surface area contributed by atoms with Crippen LogP contribution in [0.15, 0.2) is 53.4 Å². The summed E-state index contributed by atoms with van der Waals surface area (Å²) in [5, 5.41) is 0. The van der Waals surface area contributed by atoms with Gasteiger partial charge in [-0.25, -0.2) is 13.1 Å². The number of benzene rings is 2. The number of nitrogens with one attached hydrogen (secondary N) is 1. The number of methoxy groups -OCH3 is 1. The fourth-order valence-corrected chi connectivity index (χ4v) is 4.74. The Morgan fingerprint density at radius 1 is 1.07 bits per heavy atom. The SMILES string of the molecule is COc1ccc([C@H](NS(=O)(=O)c2ccc(C)cc2)[C@@H](C)C(=O)N2CCOCC2)cc1. The number of carbonyl (C=O) groups excluding carboxylic acids is 1. The molecule has 0 saturated carbocycles. The van der Waals surface area contributed by atoms with E-state index < -0.39 is 22.0 Å². The van der Waals surface area contributed by atoms with Gasteiger partial charge in [0.2, 0.25) is 15.9 Å². The quantitative estimate of drug-likeness (QED) is 0.727. The van der Waals surface area contributed by atoms with Crippen LogP contribution in [0.2, 0.25) is 0 Å². The standard InChI is InChI=1S/C22H28N2O5S/c1-16-4-10-20(11-5-16)30(26,27)23-21(18-6-8-19(28-3)9-7-18)17(2)22(25)24-12-14-29-15-13-24/h4-11,17,21,23H,12-15H2,1-3H3/t17-,21-/m1/s1. The average Bonchev–Trinajstić information content (AvgIpc) is 2.77. The first-order chi connectivity index (χ1) is 14.3. The first-order valence-corrected chi connectivity index (χ1v) is 11.4. The van der Waals surface area contributed by atoms with E-state index in [1.165, 1.54) is 0 Å². The molecule has 1 heterocycles. The van der Waals surface area contributed by atoms with Crippen molar-refractivity contribution in [1.29, 1.82) is 0 Å². The molecule has 2 aromatic rings. The Morgan fingerprint density at radius 3 is 2.23 bits per heavy atom. The van der Waals surface area contributed by atoms with Crippen molar-refractivity contribution in [1.82, 2.24) is 9.62 Å². The van der Waals surface area contributed by atoms with Crippen molar-refractivity contribution in [3.05, 3.63) is 59.7 Å². The fourth-order valence-electron chi connectivity index (χ4n) is 3.44. The summed E-state index contributed by atoms with van der Waals surface area (Å²) in [6, 6.07) is 13.0. The van der Waals surface area contributed by atoms with E-state index in [1.54, 1.807) is 67.5 Å². The molecule has 1 saturated heterocycles. The van der Waals surface area contributed by atoms with Gasteiger partial charge in [0.05, 0.1) is 37.2 Å². The fraction of sp³-hybridized carbons (Fsp3) is 0.409. The Hall–Kier alpha value is -2.42. The van der Waals surface area contributed by atoms with Crippen LogP contribution in [0.5, 0.6) is 5.75 Å². The van der Waals surface area contributed by atoms with Crippen LogP contribution in [0, 0.1) is 12.8 Å². The van der Waals surface area contributed by atoms with Crippen LogP contribution in [-0.4, -0.2) is 52.6 Å². The van der Waals surface area contributed by atoms with Crippen LogP contribution in [0.3, 0.4) is 0 Å². The summed E-state index contributed by atoms with van der Waals surface area (Å²) >= 11 is 0. The molecule has 0 spiro atoms. The van der Waals surface area contributed by atoms with Gasteiger partial charge in [-0.3, -0.25) is 4.79 Å². The number of ether oxygens (including phenoxy) is 2. The molecule has 1 aliphatic rings. The van der Waals surface area contributed by atoms with Gasteiger partial charge in [0.15, 0.2) is 0 Å². The van der Waals surface area contributed by atoms with E-state index in [0.29, 0.717) is 37.6 Å². The van der Waals surface area contributed by atoms with Crippen LogP contribution < -0.4 is 9.46 Å². The van der Waals surface area contributed by atoms with Crippen molar-refractivity contribution in [3.8, 4) is 5.75 Å². The summed E-state index contributed by atoms with van der Waals surface area (Å²) in [6.45, 7) is 5.63. The summed E-state index contributed by atoms with van der Waals surface area (Å²) in [6.07, 6.45) is 0. The van der Waals surface area contributed by atoms with Gasteiger partial charge < -0.3 is 14.4 Å². The van der Waals surface area contributed by atoms with Gasteiger partial charge in [-0.2, -0.15) is 0 Å². The number of nitrogens with zero attached hydrogens (tertiary/aromatic N) is 1. The van der Waals surface area contributed by atoms with Gasteiger partial charge >= 0.3 is 0 Å². The number of rotatable bonds is 7. The molecule has 0 aromatic heterocycles. The molecule has 2 atom stereocenters. The predicted octanol–water partition coefficient (Wildman–Crippen LogP) is 2.52. The Labute approximate surface area is 178 Å². The molecule has 162 valence electrons. The lowest BCUT2D eigenvalue weighted by molar-refractivity contribution is -0.139. The van der Waals surface area contributed by atoms with Gasteiger partial charge in [0.1, 0.15) is 5.75 Å². The molecule has 7 nitrogen and oxygen atoms in total. The molecular formula is C22H28N2O5S. The molecule has 0 radical (unpaired) electrons. The lowest BCUT2D eigenvalue weighted by Gasteiger charge is -2.32. The summed E-state index contributed by atoms with van der Waals surface area (Å²) in [5.74, 6) is -0.0477. The van der Waals surface area contributed by atoms with Gasteiger partial charge in [-0.05, 0) is 36.8 Å². The van der Waals surface area contributed by atoms with E-state index in [9.17, 15) is 13.2 Å². The van der Waals surface area contributed by atoms with Crippen LogP contribution in [0.4, 0.5) is 0 Å². The molecule has 8 heteroatoms. The van der Waals surface area contributed by atoms with E-state index >= 15 is 0 Å². The molecule has 30 heavy (non-hydrogen) atoms. The number of hydrogen-bond donors (Lipinski definition) is 1. The Balaban J connectivity index is 1.91. The minimum absolute atomic E-state index is 0.106. The average molecular weight is 433 g/mol. The molecule has 0 aliphatic carbocycles. The van der Waals surface area contributed by atoms with Crippen molar-refractivity contribution in [2.45, 2.75) is 24.8 Å². The maximum atomic E-state index is 13.1. The van der Waals surface area contributed by atoms with E-state index in [0.717, 1.165) is 5.56 Å². The second kappa shape index (κ2) is 9.59. The highest BCUT2D eigenvalue weighted by molar-refractivity contribution is 7.89. The van der Waals surface area contributed by atoms with E-state index in [4.69, 9.17) is 9.47 Å². The lowest BCUT2D eigenvalue weighted by atomic mass is 9.94. The Morgan fingerprint density at radius 2 is 1.67 bits per heavy atom. The second-order valence-corrected chi connectivity index (χ2v) is 9.13. The van der Waals surface area contributed by atoms with Crippen molar-refractivity contribution >= 4 is 15.9 Å². The number of amides is 1. The largest absolute Gasteiger partial charge is 0.497 e. The Bertz CT molecular complexity index is 952.